The maximum atomic E-state index is 4.42. The first-order valence-corrected chi connectivity index (χ1v) is 4.81. The number of guanidine groups is 1. The minimum Gasteiger partial charge on any atom is -0.343 e. The molecule has 13 heavy (non-hydrogen) atoms. The zero-order chi connectivity index (χ0) is 9.84. The highest BCUT2D eigenvalue weighted by Gasteiger charge is 2.13. The number of nitrogens with one attached hydrogen (secondary N) is 1. The van der Waals surface area contributed by atoms with E-state index in [0.29, 0.717) is 0 Å². The van der Waals surface area contributed by atoms with Gasteiger partial charge < -0.3 is 10.2 Å². The third-order valence-electron chi connectivity index (χ3n) is 2.05. The Kier molecular flexibility index (Phi) is 3.28. The molecule has 1 unspecified atom stereocenters. The van der Waals surface area contributed by atoms with Gasteiger partial charge in [0.25, 0.3) is 0 Å². The second-order valence-electron chi connectivity index (χ2n) is 3.10. The quantitative estimate of drug-likeness (QED) is 0.693. The summed E-state index contributed by atoms with van der Waals surface area (Å²) in [6.45, 7) is 10.2. The molecule has 1 rings (SSSR count). The summed E-state index contributed by atoms with van der Waals surface area (Å²) in [6.07, 6.45) is 0.0526. The highest BCUT2D eigenvalue weighted by atomic mass is 15.3. The Bertz CT molecular complexity index is 228. The largest absolute Gasteiger partial charge is 0.343 e. The molecule has 0 radical (unpaired) electrons. The molecular weight excluding hydrogens is 164 g/mol. The monoisotopic (exact) mass is 182 g/mol. The van der Waals surface area contributed by atoms with E-state index in [1.807, 2.05) is 13.8 Å². The maximum Gasteiger partial charge on any atom is 0.201 e. The van der Waals surface area contributed by atoms with Gasteiger partial charge in [0.05, 0.1) is 0 Å². The van der Waals surface area contributed by atoms with Crippen LogP contribution in [0.25, 0.3) is 0 Å². The first kappa shape index (κ1) is 10.0. The van der Waals surface area contributed by atoms with Crippen LogP contribution in [0, 0.1) is 0 Å². The molecule has 1 atom stereocenters. The molecule has 4 heteroatoms. The summed E-state index contributed by atoms with van der Waals surface area (Å²) in [6, 6.07) is 0. The number of hydrogen-bond acceptors (Lipinski definition) is 4. The zero-order valence-corrected chi connectivity index (χ0v) is 8.83. The van der Waals surface area contributed by atoms with Gasteiger partial charge >= 0.3 is 0 Å². The van der Waals surface area contributed by atoms with E-state index in [0.717, 1.165) is 24.9 Å². The molecule has 1 aliphatic rings. The topological polar surface area (TPSA) is 40.0 Å². The zero-order valence-electron chi connectivity index (χ0n) is 8.83. The van der Waals surface area contributed by atoms with Gasteiger partial charge in [-0.2, -0.15) is 0 Å². The lowest BCUT2D eigenvalue weighted by Gasteiger charge is -2.27. The molecule has 0 bridgehead atoms. The number of rotatable bonds is 2. The summed E-state index contributed by atoms with van der Waals surface area (Å²) in [7, 11) is 0. The second-order valence-corrected chi connectivity index (χ2v) is 3.10. The predicted molar refractivity (Wildman–Crippen MR) is 56.1 cm³/mol. The van der Waals surface area contributed by atoms with E-state index in [1.165, 1.54) is 0 Å². The molecule has 0 saturated carbocycles. The molecule has 0 aromatic rings. The predicted octanol–water partition coefficient (Wildman–Crippen LogP) is 1.05. The van der Waals surface area contributed by atoms with Gasteiger partial charge in [-0.1, -0.05) is 0 Å². The van der Waals surface area contributed by atoms with Crippen molar-refractivity contribution >= 4 is 11.8 Å². The SMILES string of the molecule is CCN(CC)C1=NC(C)N=C(C)N1. The van der Waals surface area contributed by atoms with Gasteiger partial charge in [0, 0.05) is 13.1 Å². The highest BCUT2D eigenvalue weighted by molar-refractivity contribution is 5.99. The van der Waals surface area contributed by atoms with E-state index >= 15 is 0 Å². The summed E-state index contributed by atoms with van der Waals surface area (Å²) in [5.41, 5.74) is 0. The van der Waals surface area contributed by atoms with Crippen LogP contribution in [0.5, 0.6) is 0 Å². The fourth-order valence-corrected chi connectivity index (χ4v) is 1.40. The first-order chi connectivity index (χ1) is 6.17. The number of nitrogens with zero attached hydrogens (tertiary/aromatic N) is 3. The van der Waals surface area contributed by atoms with E-state index in [2.05, 4.69) is 34.0 Å². The van der Waals surface area contributed by atoms with Crippen LogP contribution in [-0.4, -0.2) is 36.0 Å². The van der Waals surface area contributed by atoms with Gasteiger partial charge in [0.1, 0.15) is 12.0 Å². The van der Waals surface area contributed by atoms with Gasteiger partial charge in [-0.3, -0.25) is 0 Å². The van der Waals surface area contributed by atoms with Crippen LogP contribution in [-0.2, 0) is 0 Å². The van der Waals surface area contributed by atoms with Crippen molar-refractivity contribution in [1.29, 1.82) is 0 Å². The smallest absolute Gasteiger partial charge is 0.201 e. The van der Waals surface area contributed by atoms with Crippen molar-refractivity contribution in [3.8, 4) is 0 Å². The van der Waals surface area contributed by atoms with Crippen molar-refractivity contribution in [2.45, 2.75) is 33.9 Å². The van der Waals surface area contributed by atoms with E-state index in [1.54, 1.807) is 0 Å². The van der Waals surface area contributed by atoms with E-state index in [4.69, 9.17) is 0 Å². The average molecular weight is 182 g/mol. The Labute approximate surface area is 79.8 Å². The normalized spacial score (nSPS) is 21.7. The summed E-state index contributed by atoms with van der Waals surface area (Å²) in [5.74, 6) is 1.90. The van der Waals surface area contributed by atoms with E-state index < -0.39 is 0 Å². The van der Waals surface area contributed by atoms with Crippen molar-refractivity contribution < 1.29 is 0 Å². The van der Waals surface area contributed by atoms with Crippen LogP contribution in [0.4, 0.5) is 0 Å². The van der Waals surface area contributed by atoms with Crippen LogP contribution >= 0.6 is 0 Å². The van der Waals surface area contributed by atoms with Crippen LogP contribution in [0.3, 0.4) is 0 Å². The summed E-state index contributed by atoms with van der Waals surface area (Å²) >= 11 is 0. The molecule has 0 saturated heterocycles. The van der Waals surface area contributed by atoms with Gasteiger partial charge in [0.15, 0.2) is 0 Å². The third kappa shape index (κ3) is 2.44. The molecular formula is C9H18N4. The van der Waals surface area contributed by atoms with E-state index in [-0.39, 0.29) is 6.17 Å². The fourth-order valence-electron chi connectivity index (χ4n) is 1.40. The lowest BCUT2D eigenvalue weighted by atomic mass is 10.4. The Morgan fingerprint density at radius 2 is 1.92 bits per heavy atom. The van der Waals surface area contributed by atoms with E-state index in [9.17, 15) is 0 Å². The van der Waals surface area contributed by atoms with Crippen LogP contribution in [0.15, 0.2) is 9.98 Å². The van der Waals surface area contributed by atoms with Gasteiger partial charge in [-0.25, -0.2) is 9.98 Å². The molecule has 0 fully saturated rings. The first-order valence-electron chi connectivity index (χ1n) is 4.81. The number of amidine groups is 1. The standard InChI is InChI=1S/C9H18N4/c1-5-13(6-2)9-11-7(3)10-8(4)12-9/h7H,5-6H2,1-4H3,(H,10,11,12). The number of aliphatic imine (C=N–C) groups is 2. The van der Waals surface area contributed by atoms with Gasteiger partial charge in [-0.15, -0.1) is 0 Å². The minimum atomic E-state index is 0.0526. The Morgan fingerprint density at radius 1 is 1.31 bits per heavy atom. The average Bonchev–Trinajstić information content (AvgIpc) is 2.04. The maximum absolute atomic E-state index is 4.42. The van der Waals surface area contributed by atoms with Gasteiger partial charge in [-0.05, 0) is 27.7 Å². The molecule has 74 valence electrons. The molecule has 0 amide bonds. The van der Waals surface area contributed by atoms with Crippen molar-refractivity contribution in [2.24, 2.45) is 9.98 Å². The molecule has 1 aliphatic heterocycles. The molecule has 0 aliphatic carbocycles. The van der Waals surface area contributed by atoms with Crippen molar-refractivity contribution in [3.05, 3.63) is 0 Å². The lowest BCUT2D eigenvalue weighted by Crippen LogP contribution is -2.46. The molecule has 0 aromatic heterocycles. The van der Waals surface area contributed by atoms with Crippen molar-refractivity contribution in [1.82, 2.24) is 10.2 Å². The molecule has 4 nitrogen and oxygen atoms in total. The third-order valence-corrected chi connectivity index (χ3v) is 2.05. The lowest BCUT2D eigenvalue weighted by molar-refractivity contribution is 0.447. The molecule has 0 spiro atoms. The number of hydrogen-bond donors (Lipinski definition) is 1. The van der Waals surface area contributed by atoms with Crippen molar-refractivity contribution in [2.75, 3.05) is 13.1 Å². The summed E-state index contributed by atoms with van der Waals surface area (Å²) < 4.78 is 0. The highest BCUT2D eigenvalue weighted by Crippen LogP contribution is 2.01. The fraction of sp³-hybridized carbons (Fsp3) is 0.778. The Morgan fingerprint density at radius 3 is 2.38 bits per heavy atom. The Hall–Kier alpha value is -1.06. The second kappa shape index (κ2) is 4.25. The molecule has 1 heterocycles. The van der Waals surface area contributed by atoms with Crippen LogP contribution < -0.4 is 5.32 Å². The molecule has 0 aromatic carbocycles. The summed E-state index contributed by atoms with van der Waals surface area (Å²) in [4.78, 5) is 10.9. The van der Waals surface area contributed by atoms with Crippen LogP contribution in [0.1, 0.15) is 27.7 Å². The molecule has 1 N–H and O–H groups in total. The Balaban J connectivity index is 2.70. The van der Waals surface area contributed by atoms with Gasteiger partial charge in [0.2, 0.25) is 5.96 Å². The van der Waals surface area contributed by atoms with Crippen molar-refractivity contribution in [3.63, 3.8) is 0 Å². The minimum absolute atomic E-state index is 0.0526. The van der Waals surface area contributed by atoms with Crippen LogP contribution in [0.2, 0.25) is 0 Å². The summed E-state index contributed by atoms with van der Waals surface area (Å²) in [5, 5.41) is 3.17.